The molecule has 2 aromatic heterocycles. The van der Waals surface area contributed by atoms with Gasteiger partial charge < -0.3 is 9.47 Å². The van der Waals surface area contributed by atoms with Gasteiger partial charge in [-0.2, -0.15) is 0 Å². The lowest BCUT2D eigenvalue weighted by Crippen LogP contribution is -2.23. The van der Waals surface area contributed by atoms with Gasteiger partial charge in [0.05, 0.1) is 10.6 Å². The minimum absolute atomic E-state index is 0.299. The van der Waals surface area contributed by atoms with Crippen molar-refractivity contribution in [1.29, 1.82) is 0 Å². The fourth-order valence-electron chi connectivity index (χ4n) is 2.19. The second-order valence-corrected chi connectivity index (χ2v) is 8.30. The molecule has 22 heavy (non-hydrogen) atoms. The summed E-state index contributed by atoms with van der Waals surface area (Å²) in [5, 5.41) is 0.971. The molecule has 6 heteroatoms. The van der Waals surface area contributed by atoms with Crippen LogP contribution in [0.15, 0.2) is 0 Å². The Hall–Kier alpha value is -1.40. The number of carbonyl (C=O) groups excluding carboxylic acids is 2. The fourth-order valence-corrected chi connectivity index (χ4v) is 4.82. The van der Waals surface area contributed by atoms with Crippen LogP contribution in [0.5, 0.6) is 0 Å². The van der Waals surface area contributed by atoms with Crippen molar-refractivity contribution >= 4 is 44.0 Å². The minimum atomic E-state index is -0.522. The second-order valence-electron chi connectivity index (χ2n) is 6.00. The summed E-state index contributed by atoms with van der Waals surface area (Å²) < 4.78 is 11.5. The monoisotopic (exact) mass is 340 g/mol. The van der Waals surface area contributed by atoms with Gasteiger partial charge in [-0.1, -0.05) is 0 Å². The van der Waals surface area contributed by atoms with E-state index in [4.69, 9.17) is 9.47 Å². The topological polar surface area (TPSA) is 52.6 Å². The Balaban J connectivity index is 2.44. The molecule has 0 radical (unpaired) electrons. The van der Waals surface area contributed by atoms with Gasteiger partial charge in [-0.05, 0) is 52.7 Å². The Morgan fingerprint density at radius 3 is 1.91 bits per heavy atom. The number of thiophene rings is 2. The van der Waals surface area contributed by atoms with Crippen molar-refractivity contribution in [1.82, 2.24) is 0 Å². The van der Waals surface area contributed by atoms with E-state index in [9.17, 15) is 9.59 Å². The predicted molar refractivity (Wildman–Crippen MR) is 90.3 cm³/mol. The zero-order valence-electron chi connectivity index (χ0n) is 13.7. The zero-order valence-corrected chi connectivity index (χ0v) is 15.3. The fraction of sp³-hybridized carbons (Fsp3) is 0.500. The van der Waals surface area contributed by atoms with Crippen LogP contribution in [0, 0.1) is 13.8 Å². The SMILES string of the molecule is CCOC(=O)c1sc2sc(C(=O)OC(C)(C)C)c(C)c2c1C. The molecule has 0 atom stereocenters. The van der Waals surface area contributed by atoms with Crippen molar-refractivity contribution < 1.29 is 19.1 Å². The first-order chi connectivity index (χ1) is 10.2. The molecule has 0 aliphatic rings. The third-order valence-corrected chi connectivity index (χ3v) is 5.70. The Labute approximate surface area is 138 Å². The summed E-state index contributed by atoms with van der Waals surface area (Å²) in [5.74, 6) is -0.609. The molecule has 0 aromatic carbocycles. The highest BCUT2D eigenvalue weighted by atomic mass is 32.2. The highest BCUT2D eigenvalue weighted by Crippen LogP contribution is 2.41. The molecule has 120 valence electrons. The van der Waals surface area contributed by atoms with Gasteiger partial charge >= 0.3 is 11.9 Å². The van der Waals surface area contributed by atoms with Gasteiger partial charge in [0.15, 0.2) is 0 Å². The maximum atomic E-state index is 12.3. The van der Waals surface area contributed by atoms with Crippen LogP contribution in [0.2, 0.25) is 0 Å². The highest BCUT2D eigenvalue weighted by Gasteiger charge is 2.26. The highest BCUT2D eigenvalue weighted by molar-refractivity contribution is 7.40. The molecule has 0 saturated heterocycles. The Morgan fingerprint density at radius 1 is 1.00 bits per heavy atom. The van der Waals surface area contributed by atoms with Crippen molar-refractivity contribution in [2.75, 3.05) is 6.61 Å². The van der Waals surface area contributed by atoms with Crippen LogP contribution >= 0.6 is 22.7 Å². The molecule has 2 heterocycles. The molecule has 0 amide bonds. The van der Waals surface area contributed by atoms with Crippen molar-refractivity contribution in [3.8, 4) is 0 Å². The van der Waals surface area contributed by atoms with Gasteiger partial charge in [0, 0.05) is 5.39 Å². The molecule has 0 unspecified atom stereocenters. The average Bonchev–Trinajstić information content (AvgIpc) is 2.86. The van der Waals surface area contributed by atoms with E-state index in [-0.39, 0.29) is 11.9 Å². The van der Waals surface area contributed by atoms with Crippen LogP contribution in [0.3, 0.4) is 0 Å². The number of esters is 2. The first-order valence-corrected chi connectivity index (χ1v) is 8.72. The lowest BCUT2D eigenvalue weighted by atomic mass is 10.1. The number of rotatable bonds is 3. The van der Waals surface area contributed by atoms with Gasteiger partial charge in [-0.15, -0.1) is 22.7 Å². The zero-order chi connectivity index (χ0) is 16.7. The Bertz CT molecular complexity index is 731. The molecule has 0 spiro atoms. The number of hydrogen-bond acceptors (Lipinski definition) is 6. The summed E-state index contributed by atoms with van der Waals surface area (Å²) >= 11 is 2.76. The molecular weight excluding hydrogens is 320 g/mol. The average molecular weight is 340 g/mol. The molecule has 0 aliphatic heterocycles. The lowest BCUT2D eigenvalue weighted by molar-refractivity contribution is 0.00744. The van der Waals surface area contributed by atoms with Crippen molar-refractivity contribution in [3.05, 3.63) is 20.9 Å². The van der Waals surface area contributed by atoms with Crippen LogP contribution in [0.25, 0.3) is 9.40 Å². The minimum Gasteiger partial charge on any atom is -0.462 e. The predicted octanol–water partition coefficient (Wildman–Crippen LogP) is 4.71. The maximum absolute atomic E-state index is 12.3. The number of hydrogen-bond donors (Lipinski definition) is 0. The number of ether oxygens (including phenoxy) is 2. The molecule has 4 nitrogen and oxygen atoms in total. The van der Waals surface area contributed by atoms with Gasteiger partial charge in [0.2, 0.25) is 0 Å². The maximum Gasteiger partial charge on any atom is 0.349 e. The third kappa shape index (κ3) is 3.17. The van der Waals surface area contributed by atoms with Gasteiger partial charge in [0.25, 0.3) is 0 Å². The summed E-state index contributed by atoms with van der Waals surface area (Å²) in [6, 6.07) is 0. The van der Waals surface area contributed by atoms with Gasteiger partial charge in [-0.3, -0.25) is 0 Å². The van der Waals surface area contributed by atoms with Crippen LogP contribution in [-0.2, 0) is 9.47 Å². The normalized spacial score (nSPS) is 11.7. The summed E-state index contributed by atoms with van der Waals surface area (Å²) in [5.41, 5.74) is 1.23. The lowest BCUT2D eigenvalue weighted by Gasteiger charge is -2.19. The van der Waals surface area contributed by atoms with Crippen molar-refractivity contribution in [2.24, 2.45) is 0 Å². The molecule has 2 rings (SSSR count). The molecule has 0 N–H and O–H groups in total. The second kappa shape index (κ2) is 6.01. The van der Waals surface area contributed by atoms with Crippen LogP contribution in [-0.4, -0.2) is 24.1 Å². The van der Waals surface area contributed by atoms with E-state index in [1.807, 2.05) is 34.6 Å². The summed E-state index contributed by atoms with van der Waals surface area (Å²) in [6.07, 6.45) is 0. The Morgan fingerprint density at radius 2 is 1.50 bits per heavy atom. The van der Waals surface area contributed by atoms with Crippen LogP contribution < -0.4 is 0 Å². The largest absolute Gasteiger partial charge is 0.462 e. The summed E-state index contributed by atoms with van der Waals surface area (Å²) in [4.78, 5) is 25.5. The van der Waals surface area contributed by atoms with E-state index >= 15 is 0 Å². The number of fused-ring (bicyclic) bond motifs is 1. The van der Waals surface area contributed by atoms with Crippen molar-refractivity contribution in [3.63, 3.8) is 0 Å². The van der Waals surface area contributed by atoms with Crippen LogP contribution in [0.4, 0.5) is 0 Å². The number of carbonyl (C=O) groups is 2. The van der Waals surface area contributed by atoms with E-state index in [1.165, 1.54) is 22.7 Å². The van der Waals surface area contributed by atoms with E-state index < -0.39 is 5.60 Å². The third-order valence-electron chi connectivity index (χ3n) is 3.07. The molecule has 2 aromatic rings. The summed E-state index contributed by atoms with van der Waals surface area (Å²) in [7, 11) is 0. The van der Waals surface area contributed by atoms with E-state index in [0.717, 1.165) is 20.5 Å². The molecule has 0 aliphatic carbocycles. The van der Waals surface area contributed by atoms with Crippen molar-refractivity contribution in [2.45, 2.75) is 47.1 Å². The molecule has 0 bridgehead atoms. The first kappa shape index (κ1) is 17.0. The van der Waals surface area contributed by atoms with Crippen LogP contribution in [0.1, 0.15) is 58.2 Å². The quantitative estimate of drug-likeness (QED) is 0.759. The van der Waals surface area contributed by atoms with E-state index in [1.54, 1.807) is 6.92 Å². The van der Waals surface area contributed by atoms with Gasteiger partial charge in [0.1, 0.15) is 15.4 Å². The Kier molecular flexibility index (Phi) is 4.63. The number of aryl methyl sites for hydroxylation is 2. The first-order valence-electron chi connectivity index (χ1n) is 7.08. The van der Waals surface area contributed by atoms with E-state index in [2.05, 4.69) is 0 Å². The standard InChI is InChI=1S/C16H20O4S2/c1-7-19-13(17)11-8(2)10-9(3)12(22-15(10)21-11)14(18)20-16(4,5)6/h7H2,1-6H3. The van der Waals surface area contributed by atoms with E-state index in [0.29, 0.717) is 16.4 Å². The summed E-state index contributed by atoms with van der Waals surface area (Å²) in [6.45, 7) is 11.5. The van der Waals surface area contributed by atoms with Gasteiger partial charge in [-0.25, -0.2) is 9.59 Å². The molecule has 0 saturated carbocycles. The molecule has 0 fully saturated rings. The smallest absolute Gasteiger partial charge is 0.349 e. The molecular formula is C16H20O4S2.